The fourth-order valence-electron chi connectivity index (χ4n) is 2.37. The smallest absolute Gasteiger partial charge is 0.132 e. The Kier molecular flexibility index (Phi) is 4.98. The van der Waals surface area contributed by atoms with Crippen molar-refractivity contribution in [3.8, 4) is 11.3 Å². The average molecular weight is 304 g/mol. The molecule has 0 spiro atoms. The van der Waals surface area contributed by atoms with Crippen LogP contribution in [-0.2, 0) is 15.9 Å². The van der Waals surface area contributed by atoms with Crippen LogP contribution in [0.4, 0.5) is 0 Å². The summed E-state index contributed by atoms with van der Waals surface area (Å²) >= 11 is 1.74. The van der Waals surface area contributed by atoms with Crippen LogP contribution in [0.25, 0.3) is 11.3 Å². The van der Waals surface area contributed by atoms with Crippen molar-refractivity contribution in [3.05, 3.63) is 40.2 Å². The van der Waals surface area contributed by atoms with Gasteiger partial charge < -0.3 is 14.8 Å². The molecule has 1 aromatic carbocycles. The molecule has 21 heavy (non-hydrogen) atoms. The van der Waals surface area contributed by atoms with Gasteiger partial charge in [0.05, 0.1) is 25.5 Å². The number of ether oxygens (including phenoxy) is 2. The SMILES string of the molecule is CNCCc1sc(C2COCCO2)nc1-c1ccccc1. The number of thiazole rings is 1. The third kappa shape index (κ3) is 3.49. The van der Waals surface area contributed by atoms with Gasteiger partial charge in [-0.1, -0.05) is 30.3 Å². The van der Waals surface area contributed by atoms with E-state index in [1.807, 2.05) is 13.1 Å². The van der Waals surface area contributed by atoms with Crippen molar-refractivity contribution in [1.82, 2.24) is 10.3 Å². The second-order valence-electron chi connectivity index (χ2n) is 4.98. The highest BCUT2D eigenvalue weighted by Gasteiger charge is 2.23. The summed E-state index contributed by atoms with van der Waals surface area (Å²) in [5.41, 5.74) is 2.25. The molecule has 1 aliphatic heterocycles. The topological polar surface area (TPSA) is 43.4 Å². The minimum Gasteiger partial charge on any atom is -0.376 e. The van der Waals surface area contributed by atoms with Gasteiger partial charge in [-0.3, -0.25) is 0 Å². The number of nitrogens with zero attached hydrogens (tertiary/aromatic N) is 1. The van der Waals surface area contributed by atoms with Crippen molar-refractivity contribution >= 4 is 11.3 Å². The van der Waals surface area contributed by atoms with Crippen LogP contribution in [0.2, 0.25) is 0 Å². The van der Waals surface area contributed by atoms with E-state index < -0.39 is 0 Å². The maximum atomic E-state index is 5.78. The minimum atomic E-state index is -0.0189. The van der Waals surface area contributed by atoms with Gasteiger partial charge in [-0.25, -0.2) is 4.98 Å². The van der Waals surface area contributed by atoms with Gasteiger partial charge in [0.15, 0.2) is 0 Å². The summed E-state index contributed by atoms with van der Waals surface area (Å²) in [6.45, 7) is 2.88. The quantitative estimate of drug-likeness (QED) is 0.922. The number of hydrogen-bond acceptors (Lipinski definition) is 5. The van der Waals surface area contributed by atoms with Crippen molar-refractivity contribution in [2.75, 3.05) is 33.4 Å². The van der Waals surface area contributed by atoms with Crippen molar-refractivity contribution in [1.29, 1.82) is 0 Å². The zero-order valence-corrected chi connectivity index (χ0v) is 13.0. The molecule has 0 aliphatic carbocycles. The molecule has 2 heterocycles. The van der Waals surface area contributed by atoms with E-state index in [9.17, 15) is 0 Å². The lowest BCUT2D eigenvalue weighted by Crippen LogP contribution is -2.21. The summed E-state index contributed by atoms with van der Waals surface area (Å²) in [6, 6.07) is 10.4. The van der Waals surface area contributed by atoms with Crippen LogP contribution in [0.1, 0.15) is 16.0 Å². The zero-order chi connectivity index (χ0) is 14.5. The molecule has 1 aromatic heterocycles. The van der Waals surface area contributed by atoms with Crippen LogP contribution in [-0.4, -0.2) is 38.4 Å². The number of benzene rings is 1. The van der Waals surface area contributed by atoms with Crippen molar-refractivity contribution in [3.63, 3.8) is 0 Å². The molecule has 5 heteroatoms. The molecule has 0 saturated carbocycles. The van der Waals surface area contributed by atoms with Crippen LogP contribution < -0.4 is 5.32 Å². The Morgan fingerprint density at radius 3 is 2.86 bits per heavy atom. The van der Waals surface area contributed by atoms with E-state index in [2.05, 4.69) is 29.6 Å². The maximum absolute atomic E-state index is 5.78. The summed E-state index contributed by atoms with van der Waals surface area (Å²) in [4.78, 5) is 6.15. The highest BCUT2D eigenvalue weighted by molar-refractivity contribution is 7.12. The van der Waals surface area contributed by atoms with Gasteiger partial charge in [0.25, 0.3) is 0 Å². The van der Waals surface area contributed by atoms with Crippen LogP contribution in [0, 0.1) is 0 Å². The standard InChI is InChI=1S/C16H20N2O2S/c1-17-8-7-14-15(12-5-3-2-4-6-12)18-16(21-14)13-11-19-9-10-20-13/h2-6,13,17H,7-11H2,1H3. The Labute approximate surface area is 129 Å². The molecule has 2 aromatic rings. The molecule has 1 saturated heterocycles. The first kappa shape index (κ1) is 14.7. The van der Waals surface area contributed by atoms with Gasteiger partial charge in [0, 0.05) is 10.4 Å². The van der Waals surface area contributed by atoms with Crippen LogP contribution >= 0.6 is 11.3 Å². The first-order chi connectivity index (χ1) is 10.4. The molecule has 4 nitrogen and oxygen atoms in total. The lowest BCUT2D eigenvalue weighted by molar-refractivity contribution is -0.0901. The first-order valence-electron chi connectivity index (χ1n) is 7.27. The van der Waals surface area contributed by atoms with E-state index in [0.717, 1.165) is 23.7 Å². The Bertz CT molecular complexity index is 565. The van der Waals surface area contributed by atoms with Gasteiger partial charge in [0.2, 0.25) is 0 Å². The van der Waals surface area contributed by atoms with E-state index in [1.54, 1.807) is 11.3 Å². The molecule has 1 unspecified atom stereocenters. The monoisotopic (exact) mass is 304 g/mol. The number of hydrogen-bond donors (Lipinski definition) is 1. The van der Waals surface area contributed by atoms with Gasteiger partial charge in [-0.05, 0) is 20.0 Å². The van der Waals surface area contributed by atoms with E-state index in [1.165, 1.54) is 10.4 Å². The number of aromatic nitrogens is 1. The molecular formula is C16H20N2O2S. The van der Waals surface area contributed by atoms with Gasteiger partial charge in [-0.2, -0.15) is 0 Å². The Hall–Kier alpha value is -1.27. The highest BCUT2D eigenvalue weighted by Crippen LogP contribution is 2.33. The zero-order valence-electron chi connectivity index (χ0n) is 12.2. The second-order valence-corrected chi connectivity index (χ2v) is 6.09. The predicted molar refractivity (Wildman–Crippen MR) is 84.7 cm³/mol. The molecule has 112 valence electrons. The van der Waals surface area contributed by atoms with Crippen molar-refractivity contribution in [2.24, 2.45) is 0 Å². The predicted octanol–water partition coefficient (Wildman–Crippen LogP) is 2.66. The largest absolute Gasteiger partial charge is 0.376 e. The molecule has 0 amide bonds. The van der Waals surface area contributed by atoms with E-state index in [-0.39, 0.29) is 6.10 Å². The molecule has 1 fully saturated rings. The number of rotatable bonds is 5. The molecule has 0 bridgehead atoms. The summed E-state index contributed by atoms with van der Waals surface area (Å²) in [5.74, 6) is 0. The Balaban J connectivity index is 1.90. The van der Waals surface area contributed by atoms with Crippen LogP contribution in [0.15, 0.2) is 30.3 Å². The fraction of sp³-hybridized carbons (Fsp3) is 0.438. The minimum absolute atomic E-state index is 0.0189. The first-order valence-corrected chi connectivity index (χ1v) is 8.09. The normalized spacial score (nSPS) is 18.8. The van der Waals surface area contributed by atoms with Crippen molar-refractivity contribution in [2.45, 2.75) is 12.5 Å². The molecule has 1 N–H and O–H groups in total. The van der Waals surface area contributed by atoms with Gasteiger partial charge >= 0.3 is 0 Å². The van der Waals surface area contributed by atoms with E-state index >= 15 is 0 Å². The fourth-order valence-corrected chi connectivity index (χ4v) is 3.49. The third-order valence-corrected chi connectivity index (χ3v) is 4.66. The summed E-state index contributed by atoms with van der Waals surface area (Å²) in [6.07, 6.45) is 0.959. The van der Waals surface area contributed by atoms with Gasteiger partial charge in [-0.15, -0.1) is 11.3 Å². The second kappa shape index (κ2) is 7.13. The van der Waals surface area contributed by atoms with Crippen molar-refractivity contribution < 1.29 is 9.47 Å². The van der Waals surface area contributed by atoms with E-state index in [0.29, 0.717) is 19.8 Å². The summed E-state index contributed by atoms with van der Waals surface area (Å²) < 4.78 is 11.3. The van der Waals surface area contributed by atoms with Crippen LogP contribution in [0.3, 0.4) is 0 Å². The molecule has 1 aliphatic rings. The molecule has 0 radical (unpaired) electrons. The Morgan fingerprint density at radius 2 is 2.14 bits per heavy atom. The van der Waals surface area contributed by atoms with Crippen LogP contribution in [0.5, 0.6) is 0 Å². The van der Waals surface area contributed by atoms with Gasteiger partial charge in [0.1, 0.15) is 11.1 Å². The summed E-state index contributed by atoms with van der Waals surface area (Å²) in [7, 11) is 1.97. The number of likely N-dealkylation sites (N-methyl/N-ethyl adjacent to an activating group) is 1. The maximum Gasteiger partial charge on any atom is 0.132 e. The molecular weight excluding hydrogens is 284 g/mol. The Morgan fingerprint density at radius 1 is 1.29 bits per heavy atom. The third-order valence-electron chi connectivity index (χ3n) is 3.45. The lowest BCUT2D eigenvalue weighted by atomic mass is 10.1. The van der Waals surface area contributed by atoms with E-state index in [4.69, 9.17) is 14.5 Å². The molecule has 1 atom stereocenters. The average Bonchev–Trinajstić information content (AvgIpc) is 2.99. The summed E-state index contributed by atoms with van der Waals surface area (Å²) in [5, 5.41) is 4.23. The lowest BCUT2D eigenvalue weighted by Gasteiger charge is -2.20. The number of nitrogens with one attached hydrogen (secondary N) is 1. The highest BCUT2D eigenvalue weighted by atomic mass is 32.1. The molecule has 3 rings (SSSR count).